The fraction of sp³-hybridized carbons (Fsp3) is 0.300. The first-order valence-corrected chi connectivity index (χ1v) is 4.52. The van der Waals surface area contributed by atoms with Crippen LogP contribution in [0.1, 0.15) is 5.56 Å². The van der Waals surface area contributed by atoms with E-state index in [0.29, 0.717) is 0 Å². The third kappa shape index (κ3) is 3.32. The Balaban J connectivity index is 2.57. The van der Waals surface area contributed by atoms with Crippen LogP contribution < -0.4 is 0 Å². The lowest BCUT2D eigenvalue weighted by atomic mass is 10.2. The number of methoxy groups -OCH3 is 1. The number of carbonyl (C=O) groups excluding carboxylic acids is 1. The van der Waals surface area contributed by atoms with Gasteiger partial charge in [0.15, 0.2) is 0 Å². The van der Waals surface area contributed by atoms with E-state index in [-0.39, 0.29) is 6.61 Å². The predicted molar refractivity (Wildman–Crippen MR) is 54.0 cm³/mol. The lowest BCUT2D eigenvalue weighted by Gasteiger charge is -2.08. The molecule has 0 aliphatic carbocycles. The molecule has 0 saturated heterocycles. The molecular weight excluding hydrogens is 214 g/mol. The topological polar surface area (TPSA) is 78.7 Å². The minimum atomic E-state index is -1.77. The van der Waals surface area contributed by atoms with Crippen LogP contribution in [-0.2, 0) is 20.9 Å². The molecule has 86 valence electrons. The molecule has 0 radical (unpaired) electrons. The Morgan fingerprint density at radius 3 is 2.56 bits per heavy atom. The van der Waals surface area contributed by atoms with Crippen molar-refractivity contribution >= 4 is 5.97 Å². The lowest BCUT2D eigenvalue weighted by molar-refractivity contribution is -0.562. The minimum Gasteiger partial charge on any atom is -0.462 e. The van der Waals surface area contributed by atoms with Crippen LogP contribution in [0.5, 0.6) is 0 Å². The second kappa shape index (κ2) is 5.82. The molecule has 1 rings (SSSR count). The van der Waals surface area contributed by atoms with Crippen molar-refractivity contribution in [2.75, 3.05) is 7.11 Å². The van der Waals surface area contributed by atoms with Gasteiger partial charge in [0, 0.05) is 0 Å². The van der Waals surface area contributed by atoms with Crippen molar-refractivity contribution in [1.29, 1.82) is 0 Å². The summed E-state index contributed by atoms with van der Waals surface area (Å²) >= 11 is 0. The largest absolute Gasteiger partial charge is 0.462 e. The van der Waals surface area contributed by atoms with E-state index < -0.39 is 17.1 Å². The van der Waals surface area contributed by atoms with Gasteiger partial charge in [0.25, 0.3) is 0 Å². The molecular formula is C10H11NO5. The molecule has 0 saturated carbocycles. The van der Waals surface area contributed by atoms with Gasteiger partial charge in [-0.1, -0.05) is 30.3 Å². The molecule has 0 heterocycles. The number of esters is 1. The maximum atomic E-state index is 11.0. The van der Waals surface area contributed by atoms with E-state index in [1.54, 1.807) is 24.3 Å². The highest BCUT2D eigenvalue weighted by molar-refractivity contribution is 5.72. The number of hydrogen-bond acceptors (Lipinski definition) is 5. The molecule has 16 heavy (non-hydrogen) atoms. The van der Waals surface area contributed by atoms with Crippen molar-refractivity contribution in [3.8, 4) is 0 Å². The summed E-state index contributed by atoms with van der Waals surface area (Å²) in [5.74, 6) is -1.01. The summed E-state index contributed by atoms with van der Waals surface area (Å²) < 4.78 is 9.13. The SMILES string of the molecule is COC(=O)C(OCc1ccccc1)[N+](=O)[O-]. The average molecular weight is 225 g/mol. The molecule has 6 heteroatoms. The van der Waals surface area contributed by atoms with Gasteiger partial charge in [-0.15, -0.1) is 0 Å². The maximum absolute atomic E-state index is 11.0. The molecule has 0 aromatic heterocycles. The van der Waals surface area contributed by atoms with Crippen LogP contribution in [0.25, 0.3) is 0 Å². The van der Waals surface area contributed by atoms with Crippen LogP contribution in [0.15, 0.2) is 30.3 Å². The Bertz CT molecular complexity index is 365. The van der Waals surface area contributed by atoms with Gasteiger partial charge in [0.05, 0.1) is 18.6 Å². The van der Waals surface area contributed by atoms with E-state index >= 15 is 0 Å². The van der Waals surface area contributed by atoms with E-state index in [0.717, 1.165) is 12.7 Å². The third-order valence-electron chi connectivity index (χ3n) is 1.84. The van der Waals surface area contributed by atoms with Gasteiger partial charge < -0.3 is 9.47 Å². The average Bonchev–Trinajstić information content (AvgIpc) is 2.30. The number of carbonyl (C=O) groups is 1. The maximum Gasteiger partial charge on any atom is 0.413 e. The standard InChI is InChI=1S/C10H11NO5/c1-15-10(12)9(11(13)14)16-7-8-5-3-2-4-6-8/h2-6,9H,7H2,1H3. The smallest absolute Gasteiger partial charge is 0.413 e. The molecule has 1 atom stereocenters. The molecule has 1 unspecified atom stereocenters. The summed E-state index contributed by atoms with van der Waals surface area (Å²) in [6, 6.07) is 8.85. The number of nitrogens with zero attached hydrogens (tertiary/aromatic N) is 1. The molecule has 6 nitrogen and oxygen atoms in total. The van der Waals surface area contributed by atoms with Gasteiger partial charge in [-0.25, -0.2) is 4.79 Å². The second-order valence-electron chi connectivity index (χ2n) is 2.96. The molecule has 0 amide bonds. The summed E-state index contributed by atoms with van der Waals surface area (Å²) in [7, 11) is 1.07. The van der Waals surface area contributed by atoms with E-state index in [2.05, 4.69) is 4.74 Å². The number of hydrogen-bond donors (Lipinski definition) is 0. The molecule has 0 bridgehead atoms. The first-order chi connectivity index (χ1) is 7.65. The summed E-state index contributed by atoms with van der Waals surface area (Å²) in [6.07, 6.45) is -1.77. The Hall–Kier alpha value is -1.95. The van der Waals surface area contributed by atoms with E-state index in [1.807, 2.05) is 6.07 Å². The van der Waals surface area contributed by atoms with Crippen LogP contribution in [0.2, 0.25) is 0 Å². The number of ether oxygens (including phenoxy) is 2. The monoisotopic (exact) mass is 225 g/mol. The highest BCUT2D eigenvalue weighted by Gasteiger charge is 2.31. The highest BCUT2D eigenvalue weighted by Crippen LogP contribution is 2.05. The summed E-state index contributed by atoms with van der Waals surface area (Å²) in [5.41, 5.74) is 0.748. The van der Waals surface area contributed by atoms with Crippen molar-refractivity contribution in [3.05, 3.63) is 46.0 Å². The van der Waals surface area contributed by atoms with Crippen LogP contribution in [0.4, 0.5) is 0 Å². The number of benzene rings is 1. The molecule has 1 aromatic rings. The first kappa shape index (κ1) is 12.1. The van der Waals surface area contributed by atoms with Gasteiger partial charge in [-0.3, -0.25) is 10.1 Å². The lowest BCUT2D eigenvalue weighted by Crippen LogP contribution is -2.33. The minimum absolute atomic E-state index is 0.0123. The predicted octanol–water partition coefficient (Wildman–Crippen LogP) is 0.979. The van der Waals surface area contributed by atoms with E-state index in [9.17, 15) is 14.9 Å². The Kier molecular flexibility index (Phi) is 4.41. The van der Waals surface area contributed by atoms with Gasteiger partial charge in [0.1, 0.15) is 0 Å². The van der Waals surface area contributed by atoms with Crippen LogP contribution in [-0.4, -0.2) is 24.2 Å². The van der Waals surface area contributed by atoms with Gasteiger partial charge in [0.2, 0.25) is 0 Å². The van der Waals surface area contributed by atoms with Crippen LogP contribution in [0.3, 0.4) is 0 Å². The number of nitro groups is 1. The summed E-state index contributed by atoms with van der Waals surface area (Å²) in [4.78, 5) is 20.7. The number of rotatable bonds is 5. The second-order valence-corrected chi connectivity index (χ2v) is 2.96. The molecule has 0 aliphatic heterocycles. The van der Waals surface area contributed by atoms with Crippen LogP contribution >= 0.6 is 0 Å². The zero-order chi connectivity index (χ0) is 12.0. The van der Waals surface area contributed by atoms with Gasteiger partial charge >= 0.3 is 12.2 Å². The Morgan fingerprint density at radius 2 is 2.06 bits per heavy atom. The normalized spacial score (nSPS) is 11.8. The van der Waals surface area contributed by atoms with Crippen molar-refractivity contribution in [2.24, 2.45) is 0 Å². The van der Waals surface area contributed by atoms with E-state index in [4.69, 9.17) is 4.74 Å². The van der Waals surface area contributed by atoms with Gasteiger partial charge in [-0.2, -0.15) is 0 Å². The fourth-order valence-electron chi connectivity index (χ4n) is 1.07. The molecule has 0 fully saturated rings. The van der Waals surface area contributed by atoms with Crippen molar-refractivity contribution in [1.82, 2.24) is 0 Å². The Morgan fingerprint density at radius 1 is 1.44 bits per heavy atom. The molecule has 1 aromatic carbocycles. The fourth-order valence-corrected chi connectivity index (χ4v) is 1.07. The van der Waals surface area contributed by atoms with Crippen molar-refractivity contribution in [2.45, 2.75) is 12.8 Å². The quantitative estimate of drug-likeness (QED) is 0.323. The summed E-state index contributed by atoms with van der Waals surface area (Å²) in [6.45, 7) is -0.0123. The zero-order valence-corrected chi connectivity index (χ0v) is 8.66. The molecule has 0 N–H and O–H groups in total. The molecule has 0 spiro atoms. The third-order valence-corrected chi connectivity index (χ3v) is 1.84. The Labute approximate surface area is 91.9 Å². The highest BCUT2D eigenvalue weighted by atomic mass is 16.7. The zero-order valence-electron chi connectivity index (χ0n) is 8.66. The first-order valence-electron chi connectivity index (χ1n) is 4.52. The van der Waals surface area contributed by atoms with Crippen molar-refractivity contribution in [3.63, 3.8) is 0 Å². The van der Waals surface area contributed by atoms with Crippen molar-refractivity contribution < 1.29 is 19.2 Å². The van der Waals surface area contributed by atoms with Gasteiger partial charge in [-0.05, 0) is 5.56 Å². The summed E-state index contributed by atoms with van der Waals surface area (Å²) in [5, 5.41) is 10.5. The molecule has 0 aliphatic rings. The van der Waals surface area contributed by atoms with E-state index in [1.165, 1.54) is 0 Å². The van der Waals surface area contributed by atoms with Crippen LogP contribution in [0, 0.1) is 10.1 Å².